The second kappa shape index (κ2) is 8.63. The van der Waals surface area contributed by atoms with E-state index in [2.05, 4.69) is 30.3 Å². The maximum Gasteiger partial charge on any atom is 0.402 e. The van der Waals surface area contributed by atoms with Gasteiger partial charge in [-0.25, -0.2) is 17.2 Å². The SMILES string of the molecule is O=S(=O)([O-])C(F)(F)C(F)(F)C(F)F.c1ccc(C[S+]2CCCC2)cc1. The molecule has 0 bridgehead atoms. The first-order chi connectivity index (χ1) is 11.4. The fraction of sp³-hybridized carbons (Fsp3) is 0.571. The number of rotatable bonds is 5. The van der Waals surface area contributed by atoms with Crippen molar-refractivity contribution in [2.75, 3.05) is 11.5 Å². The van der Waals surface area contributed by atoms with Crippen molar-refractivity contribution in [1.29, 1.82) is 0 Å². The Labute approximate surface area is 144 Å². The highest BCUT2D eigenvalue weighted by atomic mass is 32.2. The minimum atomic E-state index is -6.82. The van der Waals surface area contributed by atoms with E-state index in [4.69, 9.17) is 0 Å². The lowest BCUT2D eigenvalue weighted by atomic mass is 10.2. The molecule has 0 unspecified atom stereocenters. The Morgan fingerprint density at radius 3 is 1.88 bits per heavy atom. The van der Waals surface area contributed by atoms with Crippen LogP contribution in [0.15, 0.2) is 30.3 Å². The molecule has 1 fully saturated rings. The molecule has 0 saturated carbocycles. The predicted octanol–water partition coefficient (Wildman–Crippen LogP) is 3.62. The second-order valence-corrected chi connectivity index (χ2v) is 9.00. The molecule has 1 aliphatic heterocycles. The Morgan fingerprint density at radius 1 is 1.04 bits per heavy atom. The lowest BCUT2D eigenvalue weighted by Crippen LogP contribution is -2.51. The van der Waals surface area contributed by atoms with Crippen LogP contribution in [0, 0.1) is 0 Å². The summed E-state index contributed by atoms with van der Waals surface area (Å²) in [5.41, 5.74) is 1.53. The van der Waals surface area contributed by atoms with Gasteiger partial charge >= 0.3 is 17.6 Å². The Kier molecular flexibility index (Phi) is 7.63. The van der Waals surface area contributed by atoms with Crippen LogP contribution in [0.25, 0.3) is 0 Å². The number of benzene rings is 1. The van der Waals surface area contributed by atoms with E-state index in [1.165, 1.54) is 35.7 Å². The van der Waals surface area contributed by atoms with Gasteiger partial charge in [-0.05, 0) is 23.7 Å². The third kappa shape index (κ3) is 5.78. The molecule has 0 radical (unpaired) electrons. The highest BCUT2D eigenvalue weighted by Gasteiger charge is 2.67. The third-order valence-electron chi connectivity index (χ3n) is 3.31. The molecule has 0 aromatic heterocycles. The topological polar surface area (TPSA) is 57.2 Å². The summed E-state index contributed by atoms with van der Waals surface area (Å²) in [4.78, 5) is 0. The van der Waals surface area contributed by atoms with E-state index in [-0.39, 0.29) is 0 Å². The molecule has 0 amide bonds. The van der Waals surface area contributed by atoms with Crippen LogP contribution >= 0.6 is 0 Å². The fourth-order valence-electron chi connectivity index (χ4n) is 1.96. The van der Waals surface area contributed by atoms with E-state index in [1.54, 1.807) is 0 Å². The van der Waals surface area contributed by atoms with Crippen LogP contribution in [-0.2, 0) is 26.8 Å². The van der Waals surface area contributed by atoms with Gasteiger partial charge in [0.15, 0.2) is 10.1 Å². The van der Waals surface area contributed by atoms with Crippen molar-refractivity contribution in [3.63, 3.8) is 0 Å². The first-order valence-electron chi connectivity index (χ1n) is 7.07. The lowest BCUT2D eigenvalue weighted by molar-refractivity contribution is -0.227. The molecule has 1 aliphatic rings. The summed E-state index contributed by atoms with van der Waals surface area (Å²) in [6.45, 7) is 0. The van der Waals surface area contributed by atoms with E-state index in [9.17, 15) is 39.3 Å². The maximum absolute atomic E-state index is 11.8. The van der Waals surface area contributed by atoms with Gasteiger partial charge < -0.3 is 4.55 Å². The summed E-state index contributed by atoms with van der Waals surface area (Å²) in [7, 11) is -6.10. The Balaban J connectivity index is 0.000000250. The maximum atomic E-state index is 11.8. The largest absolute Gasteiger partial charge is 0.743 e. The van der Waals surface area contributed by atoms with Gasteiger partial charge in [0.1, 0.15) is 17.3 Å². The van der Waals surface area contributed by atoms with Gasteiger partial charge in [-0.15, -0.1) is 0 Å². The standard InChI is InChI=1S/C11H15S.C3H2F6O3S/c1-2-6-11(7-3-1)10-12-8-4-5-9-12;4-1(5)2(6,7)3(8,9)13(10,11)12/h1-3,6-7H,4-5,8-10H2;1H,(H,10,11,12)/q+1;/p-1. The number of hydrogen-bond donors (Lipinski definition) is 0. The van der Waals surface area contributed by atoms with Crippen LogP contribution in [0.5, 0.6) is 0 Å². The molecular weight excluding hydrogens is 394 g/mol. The Morgan fingerprint density at radius 2 is 1.52 bits per heavy atom. The van der Waals surface area contributed by atoms with Crippen molar-refractivity contribution >= 4 is 21.0 Å². The highest BCUT2D eigenvalue weighted by Crippen LogP contribution is 2.42. The van der Waals surface area contributed by atoms with Gasteiger partial charge in [0.25, 0.3) is 0 Å². The monoisotopic (exact) mass is 410 g/mol. The quantitative estimate of drug-likeness (QED) is 0.423. The van der Waals surface area contributed by atoms with Crippen molar-refractivity contribution in [3.05, 3.63) is 35.9 Å². The highest BCUT2D eigenvalue weighted by molar-refractivity contribution is 7.96. The van der Waals surface area contributed by atoms with Crippen LogP contribution in [0.2, 0.25) is 0 Å². The zero-order valence-corrected chi connectivity index (χ0v) is 14.4. The summed E-state index contributed by atoms with van der Waals surface area (Å²) in [5.74, 6) is -1.89. The average molecular weight is 410 g/mol. The zero-order valence-electron chi connectivity index (χ0n) is 12.8. The van der Waals surface area contributed by atoms with Crippen LogP contribution < -0.4 is 0 Å². The number of alkyl halides is 6. The average Bonchev–Trinajstić information content (AvgIpc) is 3.00. The van der Waals surface area contributed by atoms with Crippen molar-refractivity contribution in [3.8, 4) is 0 Å². The normalized spacial score (nSPS) is 16.6. The summed E-state index contributed by atoms with van der Waals surface area (Å²) in [5, 5.41) is -6.31. The van der Waals surface area contributed by atoms with E-state index < -0.39 is 27.7 Å². The molecule has 1 heterocycles. The van der Waals surface area contributed by atoms with Gasteiger partial charge in [0, 0.05) is 5.56 Å². The number of halogens is 6. The summed E-state index contributed by atoms with van der Waals surface area (Å²) < 4.78 is 98.0. The summed E-state index contributed by atoms with van der Waals surface area (Å²) in [6, 6.07) is 10.9. The zero-order chi connectivity index (χ0) is 19.3. The summed E-state index contributed by atoms with van der Waals surface area (Å²) in [6.07, 6.45) is -2.00. The molecule has 0 aliphatic carbocycles. The lowest BCUT2D eigenvalue weighted by Gasteiger charge is -2.27. The summed E-state index contributed by atoms with van der Waals surface area (Å²) >= 11 is 0. The van der Waals surface area contributed by atoms with Crippen LogP contribution in [0.4, 0.5) is 26.3 Å². The van der Waals surface area contributed by atoms with Crippen LogP contribution in [0.1, 0.15) is 18.4 Å². The van der Waals surface area contributed by atoms with E-state index in [0.29, 0.717) is 0 Å². The Bertz CT molecular complexity index is 631. The molecule has 2 rings (SSSR count). The molecule has 0 atom stereocenters. The minimum absolute atomic E-state index is 0.722. The number of hydrogen-bond acceptors (Lipinski definition) is 3. The fourth-order valence-corrected chi connectivity index (χ4v) is 4.77. The smallest absolute Gasteiger partial charge is 0.402 e. The Hall–Kier alpha value is -0.940. The molecular formula is C14H16F6O3S2. The predicted molar refractivity (Wildman–Crippen MR) is 82.1 cm³/mol. The molecule has 3 nitrogen and oxygen atoms in total. The van der Waals surface area contributed by atoms with Gasteiger partial charge in [-0.3, -0.25) is 0 Å². The molecule has 1 saturated heterocycles. The second-order valence-electron chi connectivity index (χ2n) is 5.25. The molecule has 144 valence electrons. The van der Waals surface area contributed by atoms with Crippen LogP contribution in [-0.4, -0.2) is 42.1 Å². The van der Waals surface area contributed by atoms with Crippen molar-refractivity contribution < 1.29 is 39.3 Å². The minimum Gasteiger partial charge on any atom is -0.743 e. The molecule has 0 N–H and O–H groups in total. The van der Waals surface area contributed by atoms with Gasteiger partial charge in [0.05, 0.1) is 0 Å². The van der Waals surface area contributed by atoms with Crippen molar-refractivity contribution in [1.82, 2.24) is 0 Å². The van der Waals surface area contributed by atoms with Gasteiger partial charge in [-0.2, -0.15) is 17.6 Å². The first kappa shape index (κ1) is 22.1. The molecule has 25 heavy (non-hydrogen) atoms. The van der Waals surface area contributed by atoms with E-state index in [0.717, 1.165) is 10.9 Å². The van der Waals surface area contributed by atoms with Crippen molar-refractivity contribution in [2.24, 2.45) is 0 Å². The first-order valence-corrected chi connectivity index (χ1v) is 10.2. The van der Waals surface area contributed by atoms with E-state index >= 15 is 0 Å². The third-order valence-corrected chi connectivity index (χ3v) is 6.68. The molecule has 1 aromatic rings. The van der Waals surface area contributed by atoms with Gasteiger partial charge in [0.2, 0.25) is 0 Å². The molecule has 1 aromatic carbocycles. The van der Waals surface area contributed by atoms with E-state index in [1.807, 2.05) is 0 Å². The van der Waals surface area contributed by atoms with Crippen LogP contribution in [0.3, 0.4) is 0 Å². The molecule has 11 heteroatoms. The van der Waals surface area contributed by atoms with Gasteiger partial charge in [-0.1, -0.05) is 30.3 Å². The molecule has 0 spiro atoms. The van der Waals surface area contributed by atoms with Crippen molar-refractivity contribution in [2.45, 2.75) is 36.2 Å².